The van der Waals surface area contributed by atoms with E-state index in [0.717, 1.165) is 43.4 Å². The fourth-order valence-corrected chi connectivity index (χ4v) is 3.93. The Hall–Kier alpha value is -2.28. The molecule has 0 amide bonds. The highest BCUT2D eigenvalue weighted by molar-refractivity contribution is 5.58. The lowest BCUT2D eigenvalue weighted by atomic mass is 10.0. The second-order valence-electron chi connectivity index (χ2n) is 8.23. The van der Waals surface area contributed by atoms with Gasteiger partial charge in [-0.3, -0.25) is 4.90 Å². The molecule has 0 aromatic heterocycles. The molecule has 1 unspecified atom stereocenters. The number of benzene rings is 2. The van der Waals surface area contributed by atoms with Crippen molar-refractivity contribution in [2.45, 2.75) is 25.9 Å². The number of aliphatic hydroxyl groups excluding tert-OH is 1. The summed E-state index contributed by atoms with van der Waals surface area (Å²) in [6.07, 6.45) is -0.499. The number of para-hydroxylation sites is 3. The minimum atomic E-state index is -0.499. The summed E-state index contributed by atoms with van der Waals surface area (Å²) < 4.78 is 17.0. The molecule has 3 rings (SSSR count). The van der Waals surface area contributed by atoms with Crippen molar-refractivity contribution < 1.29 is 19.3 Å². The van der Waals surface area contributed by atoms with Crippen molar-refractivity contribution in [2.75, 3.05) is 64.6 Å². The molecule has 6 nitrogen and oxygen atoms in total. The molecule has 2 aromatic rings. The van der Waals surface area contributed by atoms with E-state index in [9.17, 15) is 5.11 Å². The largest absolute Gasteiger partial charge is 0.495 e. The Morgan fingerprint density at radius 2 is 1.58 bits per heavy atom. The molecule has 31 heavy (non-hydrogen) atoms. The van der Waals surface area contributed by atoms with Crippen LogP contribution in [0.5, 0.6) is 11.5 Å². The van der Waals surface area contributed by atoms with Crippen LogP contribution in [0.25, 0.3) is 0 Å². The number of nitrogens with zero attached hydrogens (tertiary/aromatic N) is 2. The van der Waals surface area contributed by atoms with Crippen molar-refractivity contribution in [3.05, 3.63) is 54.1 Å². The van der Waals surface area contributed by atoms with E-state index in [2.05, 4.69) is 35.8 Å². The summed E-state index contributed by atoms with van der Waals surface area (Å²) in [6, 6.07) is 16.2. The summed E-state index contributed by atoms with van der Waals surface area (Å²) in [5, 5.41) is 10.4. The first-order valence-corrected chi connectivity index (χ1v) is 11.2. The molecule has 0 radical (unpaired) electrons. The monoisotopic (exact) mass is 428 g/mol. The predicted octanol–water partition coefficient (Wildman–Crippen LogP) is 3.40. The Bertz CT molecular complexity index is 791. The molecule has 0 aliphatic carbocycles. The summed E-state index contributed by atoms with van der Waals surface area (Å²) in [7, 11) is 1.71. The number of hydrogen-bond donors (Lipinski definition) is 1. The number of ether oxygens (including phenoxy) is 3. The van der Waals surface area contributed by atoms with Gasteiger partial charge in [-0.2, -0.15) is 0 Å². The van der Waals surface area contributed by atoms with Crippen molar-refractivity contribution in [3.63, 3.8) is 0 Å². The van der Waals surface area contributed by atoms with Crippen molar-refractivity contribution in [1.29, 1.82) is 0 Å². The third kappa shape index (κ3) is 6.86. The number of β-amino-alcohol motifs (C(OH)–C–C–N with tert-alkyl or cyclic N) is 1. The van der Waals surface area contributed by atoms with Gasteiger partial charge in [0.25, 0.3) is 0 Å². The van der Waals surface area contributed by atoms with Crippen LogP contribution in [0, 0.1) is 0 Å². The van der Waals surface area contributed by atoms with Crippen LogP contribution < -0.4 is 14.4 Å². The molecule has 1 fully saturated rings. The lowest BCUT2D eigenvalue weighted by Crippen LogP contribution is -2.49. The van der Waals surface area contributed by atoms with Crippen LogP contribution in [0.2, 0.25) is 0 Å². The first-order chi connectivity index (χ1) is 15.1. The number of methoxy groups -OCH3 is 1. The summed E-state index contributed by atoms with van der Waals surface area (Å²) >= 11 is 0. The zero-order valence-corrected chi connectivity index (χ0v) is 19.0. The van der Waals surface area contributed by atoms with E-state index in [0.29, 0.717) is 32.3 Å². The third-order valence-electron chi connectivity index (χ3n) is 5.60. The van der Waals surface area contributed by atoms with Crippen molar-refractivity contribution in [3.8, 4) is 11.5 Å². The summed E-state index contributed by atoms with van der Waals surface area (Å²) in [5.41, 5.74) is 2.34. The molecule has 1 aliphatic rings. The van der Waals surface area contributed by atoms with Crippen LogP contribution in [0.1, 0.15) is 25.3 Å². The summed E-state index contributed by atoms with van der Waals surface area (Å²) in [6.45, 7) is 9.84. The lowest BCUT2D eigenvalue weighted by molar-refractivity contribution is 0.00708. The molecule has 170 valence electrons. The van der Waals surface area contributed by atoms with Crippen LogP contribution in [0.15, 0.2) is 48.5 Å². The predicted molar refractivity (Wildman–Crippen MR) is 124 cm³/mol. The number of rotatable bonds is 11. The third-order valence-corrected chi connectivity index (χ3v) is 5.60. The summed E-state index contributed by atoms with van der Waals surface area (Å²) in [5.74, 6) is 2.24. The van der Waals surface area contributed by atoms with Gasteiger partial charge in [-0.1, -0.05) is 44.2 Å². The second kappa shape index (κ2) is 11.9. The second-order valence-corrected chi connectivity index (χ2v) is 8.23. The number of anilines is 1. The van der Waals surface area contributed by atoms with Gasteiger partial charge in [-0.05, 0) is 29.7 Å². The molecule has 1 aliphatic heterocycles. The maximum atomic E-state index is 10.4. The molecule has 0 saturated carbocycles. The molecule has 2 aromatic carbocycles. The lowest BCUT2D eigenvalue weighted by Gasteiger charge is -2.37. The number of aliphatic hydroxyl groups is 1. The molecular formula is C25H36N2O4. The molecule has 1 saturated heterocycles. The van der Waals surface area contributed by atoms with Crippen LogP contribution in [-0.4, -0.2) is 75.8 Å². The van der Waals surface area contributed by atoms with Crippen LogP contribution in [-0.2, 0) is 4.74 Å². The van der Waals surface area contributed by atoms with E-state index in [1.807, 2.05) is 36.4 Å². The Kier molecular flexibility index (Phi) is 9.00. The van der Waals surface area contributed by atoms with Gasteiger partial charge in [-0.25, -0.2) is 0 Å². The fraction of sp³-hybridized carbons (Fsp3) is 0.520. The highest BCUT2D eigenvalue weighted by atomic mass is 16.5. The van der Waals surface area contributed by atoms with Gasteiger partial charge in [0.05, 0.1) is 32.1 Å². The van der Waals surface area contributed by atoms with E-state index in [-0.39, 0.29) is 0 Å². The maximum absolute atomic E-state index is 10.4. The van der Waals surface area contributed by atoms with E-state index in [4.69, 9.17) is 14.2 Å². The Balaban J connectivity index is 1.33. The number of piperazine rings is 1. The van der Waals surface area contributed by atoms with Gasteiger partial charge in [0.15, 0.2) is 0 Å². The van der Waals surface area contributed by atoms with Crippen LogP contribution in [0.3, 0.4) is 0 Å². The maximum Gasteiger partial charge on any atom is 0.142 e. The standard InChI is InChI=1S/C25H36N2O4/c1-20(2)22-8-4-6-10-24(22)31-17-16-30-19-21(28)18-26-12-14-27(15-13-26)23-9-5-7-11-25(23)29-3/h4-11,20-21,28H,12-19H2,1-3H3. The van der Waals surface area contributed by atoms with Gasteiger partial charge < -0.3 is 24.2 Å². The Labute approximate surface area is 186 Å². The average molecular weight is 429 g/mol. The fourth-order valence-electron chi connectivity index (χ4n) is 3.93. The van der Waals surface area contributed by atoms with Crippen LogP contribution in [0.4, 0.5) is 5.69 Å². The molecule has 0 bridgehead atoms. The SMILES string of the molecule is COc1ccccc1N1CCN(CC(O)COCCOc2ccccc2C(C)C)CC1. The molecule has 1 heterocycles. The van der Waals surface area contributed by atoms with E-state index >= 15 is 0 Å². The molecule has 0 spiro atoms. The first-order valence-electron chi connectivity index (χ1n) is 11.2. The smallest absolute Gasteiger partial charge is 0.142 e. The van der Waals surface area contributed by atoms with Crippen molar-refractivity contribution >= 4 is 5.69 Å². The normalized spacial score (nSPS) is 15.8. The highest BCUT2D eigenvalue weighted by Gasteiger charge is 2.21. The van der Waals surface area contributed by atoms with Gasteiger partial charge >= 0.3 is 0 Å². The highest BCUT2D eigenvalue weighted by Crippen LogP contribution is 2.28. The van der Waals surface area contributed by atoms with Crippen molar-refractivity contribution in [1.82, 2.24) is 4.90 Å². The van der Waals surface area contributed by atoms with E-state index < -0.39 is 6.10 Å². The van der Waals surface area contributed by atoms with Gasteiger partial charge in [0.1, 0.15) is 18.1 Å². The van der Waals surface area contributed by atoms with Crippen molar-refractivity contribution in [2.24, 2.45) is 0 Å². The van der Waals surface area contributed by atoms with Crippen LogP contribution >= 0.6 is 0 Å². The molecule has 1 atom stereocenters. The number of hydrogen-bond acceptors (Lipinski definition) is 6. The van der Waals surface area contributed by atoms with Gasteiger partial charge in [0, 0.05) is 32.7 Å². The zero-order chi connectivity index (χ0) is 22.1. The van der Waals surface area contributed by atoms with E-state index in [1.54, 1.807) is 7.11 Å². The minimum absolute atomic E-state index is 0.321. The van der Waals surface area contributed by atoms with Gasteiger partial charge in [-0.15, -0.1) is 0 Å². The first kappa shape index (κ1) is 23.4. The van der Waals surface area contributed by atoms with E-state index in [1.165, 1.54) is 5.56 Å². The molecular weight excluding hydrogens is 392 g/mol. The average Bonchev–Trinajstić information content (AvgIpc) is 2.79. The summed E-state index contributed by atoms with van der Waals surface area (Å²) in [4.78, 5) is 4.62. The minimum Gasteiger partial charge on any atom is -0.495 e. The molecule has 1 N–H and O–H groups in total. The Morgan fingerprint density at radius 1 is 0.903 bits per heavy atom. The topological polar surface area (TPSA) is 54.4 Å². The molecule has 6 heteroatoms. The Morgan fingerprint density at radius 3 is 2.29 bits per heavy atom. The zero-order valence-electron chi connectivity index (χ0n) is 19.0. The quantitative estimate of drug-likeness (QED) is 0.554. The van der Waals surface area contributed by atoms with Gasteiger partial charge in [0.2, 0.25) is 0 Å².